The molecule has 2 aromatic rings. The summed E-state index contributed by atoms with van der Waals surface area (Å²) >= 11 is 2.30. The molecule has 66 valence electrons. The number of aromatic nitrogens is 2. The van der Waals surface area contributed by atoms with Crippen LogP contribution in [-0.2, 0) is 0 Å². The molecule has 3 heteroatoms. The standard InChI is InChI=1S/C10H9IN2/c11-9-6-12-10-5-8(7-1-2-7)3-4-13(9)10/h3-7H,1-2H2. The molecule has 2 aromatic heterocycles. The lowest BCUT2D eigenvalue weighted by atomic mass is 10.2. The van der Waals surface area contributed by atoms with Crippen LogP contribution in [0.5, 0.6) is 0 Å². The van der Waals surface area contributed by atoms with E-state index in [1.54, 1.807) is 0 Å². The minimum atomic E-state index is 0.819. The SMILES string of the molecule is Ic1cnc2cc(C3CC3)ccn12. The van der Waals surface area contributed by atoms with Crippen LogP contribution in [-0.4, -0.2) is 9.38 Å². The van der Waals surface area contributed by atoms with Crippen LogP contribution in [0.4, 0.5) is 0 Å². The van der Waals surface area contributed by atoms with Crippen molar-refractivity contribution in [2.45, 2.75) is 18.8 Å². The van der Waals surface area contributed by atoms with Crippen LogP contribution in [0.15, 0.2) is 24.5 Å². The molecule has 1 aliphatic carbocycles. The van der Waals surface area contributed by atoms with Gasteiger partial charge < -0.3 is 0 Å². The van der Waals surface area contributed by atoms with Crippen molar-refractivity contribution < 1.29 is 0 Å². The maximum atomic E-state index is 4.34. The average molecular weight is 284 g/mol. The van der Waals surface area contributed by atoms with Crippen LogP contribution in [0.25, 0.3) is 5.65 Å². The first kappa shape index (κ1) is 7.79. The van der Waals surface area contributed by atoms with Crippen molar-refractivity contribution in [1.82, 2.24) is 9.38 Å². The summed E-state index contributed by atoms with van der Waals surface area (Å²) in [5.41, 5.74) is 2.53. The van der Waals surface area contributed by atoms with E-state index in [1.165, 1.54) is 22.1 Å². The lowest BCUT2D eigenvalue weighted by Crippen LogP contribution is -1.88. The lowest BCUT2D eigenvalue weighted by Gasteiger charge is -1.99. The van der Waals surface area contributed by atoms with Gasteiger partial charge in [0.05, 0.1) is 6.20 Å². The summed E-state index contributed by atoms with van der Waals surface area (Å²) in [7, 11) is 0. The maximum absolute atomic E-state index is 4.34. The highest BCUT2D eigenvalue weighted by atomic mass is 127. The maximum Gasteiger partial charge on any atom is 0.137 e. The first-order valence-corrected chi connectivity index (χ1v) is 5.55. The molecule has 0 aromatic carbocycles. The van der Waals surface area contributed by atoms with E-state index >= 15 is 0 Å². The third-order valence-corrected chi connectivity index (χ3v) is 3.34. The van der Waals surface area contributed by atoms with Gasteiger partial charge in [0.25, 0.3) is 0 Å². The topological polar surface area (TPSA) is 17.3 Å². The molecule has 0 aliphatic heterocycles. The zero-order valence-corrected chi connectivity index (χ0v) is 9.23. The molecule has 3 rings (SSSR count). The molecule has 0 amide bonds. The summed E-state index contributed by atoms with van der Waals surface area (Å²) in [5, 5.41) is 0. The molecule has 0 bridgehead atoms. The summed E-state index contributed by atoms with van der Waals surface area (Å²) < 4.78 is 3.29. The molecule has 2 nitrogen and oxygen atoms in total. The van der Waals surface area contributed by atoms with Crippen LogP contribution in [0, 0.1) is 3.70 Å². The second kappa shape index (κ2) is 2.70. The summed E-state index contributed by atoms with van der Waals surface area (Å²) in [4.78, 5) is 4.34. The molecule has 0 saturated heterocycles. The number of hydrogen-bond acceptors (Lipinski definition) is 1. The Morgan fingerprint density at radius 1 is 1.46 bits per heavy atom. The van der Waals surface area contributed by atoms with Crippen LogP contribution >= 0.6 is 22.6 Å². The Kier molecular flexibility index (Phi) is 1.62. The fraction of sp³-hybridized carbons (Fsp3) is 0.300. The molecular formula is C10H9IN2. The number of fused-ring (bicyclic) bond motifs is 1. The molecule has 0 unspecified atom stereocenters. The number of imidazole rings is 1. The van der Waals surface area contributed by atoms with E-state index in [9.17, 15) is 0 Å². The van der Waals surface area contributed by atoms with Gasteiger partial charge in [0.1, 0.15) is 9.35 Å². The summed E-state index contributed by atoms with van der Waals surface area (Å²) in [6.45, 7) is 0. The van der Waals surface area contributed by atoms with Gasteiger partial charge in [-0.2, -0.15) is 0 Å². The van der Waals surface area contributed by atoms with Gasteiger partial charge in [-0.15, -0.1) is 0 Å². The number of rotatable bonds is 1. The highest BCUT2D eigenvalue weighted by Crippen LogP contribution is 2.40. The predicted molar refractivity (Wildman–Crippen MR) is 59.9 cm³/mol. The number of halogens is 1. The Bertz CT molecular complexity index is 457. The van der Waals surface area contributed by atoms with Gasteiger partial charge in [-0.25, -0.2) is 4.98 Å². The fourth-order valence-corrected chi connectivity index (χ4v) is 2.18. The molecule has 1 fully saturated rings. The van der Waals surface area contributed by atoms with Crippen molar-refractivity contribution in [3.05, 3.63) is 33.8 Å². The molecule has 0 radical (unpaired) electrons. The fourth-order valence-electron chi connectivity index (χ4n) is 1.64. The molecule has 1 aliphatic rings. The highest BCUT2D eigenvalue weighted by Gasteiger charge is 2.23. The first-order valence-electron chi connectivity index (χ1n) is 4.47. The minimum absolute atomic E-state index is 0.819. The lowest BCUT2D eigenvalue weighted by molar-refractivity contribution is 1.08. The highest BCUT2D eigenvalue weighted by molar-refractivity contribution is 14.1. The third kappa shape index (κ3) is 1.25. The molecule has 1 saturated carbocycles. The zero-order valence-electron chi connectivity index (χ0n) is 7.07. The molecular weight excluding hydrogens is 275 g/mol. The van der Waals surface area contributed by atoms with Crippen LogP contribution in [0.3, 0.4) is 0 Å². The van der Waals surface area contributed by atoms with E-state index in [1.807, 2.05) is 6.20 Å². The largest absolute Gasteiger partial charge is 0.295 e. The van der Waals surface area contributed by atoms with E-state index in [2.05, 4.69) is 50.3 Å². The summed E-state index contributed by atoms with van der Waals surface area (Å²) in [6.07, 6.45) is 6.74. The quantitative estimate of drug-likeness (QED) is 0.736. The van der Waals surface area contributed by atoms with Crippen molar-refractivity contribution in [2.24, 2.45) is 0 Å². The Balaban J connectivity index is 2.21. The normalized spacial score (nSPS) is 16.7. The van der Waals surface area contributed by atoms with Gasteiger partial charge in [-0.1, -0.05) is 0 Å². The Morgan fingerprint density at radius 3 is 3.08 bits per heavy atom. The van der Waals surface area contributed by atoms with Crippen LogP contribution in [0.1, 0.15) is 24.3 Å². The van der Waals surface area contributed by atoms with E-state index in [4.69, 9.17) is 0 Å². The van der Waals surface area contributed by atoms with E-state index in [0.29, 0.717) is 0 Å². The van der Waals surface area contributed by atoms with Crippen molar-refractivity contribution in [2.75, 3.05) is 0 Å². The van der Waals surface area contributed by atoms with E-state index in [-0.39, 0.29) is 0 Å². The Morgan fingerprint density at radius 2 is 2.31 bits per heavy atom. The smallest absolute Gasteiger partial charge is 0.137 e. The summed E-state index contributed by atoms with van der Waals surface area (Å²) in [5.74, 6) is 0.819. The number of pyridine rings is 1. The van der Waals surface area contributed by atoms with Gasteiger partial charge in [-0.05, 0) is 59.0 Å². The average Bonchev–Trinajstić information content (AvgIpc) is 2.93. The predicted octanol–water partition coefficient (Wildman–Crippen LogP) is 2.82. The van der Waals surface area contributed by atoms with Crippen molar-refractivity contribution >= 4 is 28.2 Å². The van der Waals surface area contributed by atoms with Gasteiger partial charge in [0, 0.05) is 6.20 Å². The monoisotopic (exact) mass is 284 g/mol. The van der Waals surface area contributed by atoms with Crippen molar-refractivity contribution in [3.8, 4) is 0 Å². The second-order valence-electron chi connectivity index (χ2n) is 3.54. The van der Waals surface area contributed by atoms with E-state index < -0.39 is 0 Å². The molecule has 0 spiro atoms. The van der Waals surface area contributed by atoms with Gasteiger partial charge in [0.15, 0.2) is 0 Å². The van der Waals surface area contributed by atoms with E-state index in [0.717, 1.165) is 11.6 Å². The Hall–Kier alpha value is -0.580. The molecule has 2 heterocycles. The van der Waals surface area contributed by atoms with Crippen LogP contribution < -0.4 is 0 Å². The van der Waals surface area contributed by atoms with Crippen molar-refractivity contribution in [3.63, 3.8) is 0 Å². The molecule has 0 atom stereocenters. The van der Waals surface area contributed by atoms with Crippen LogP contribution in [0.2, 0.25) is 0 Å². The zero-order chi connectivity index (χ0) is 8.84. The Labute approximate surface area is 90.1 Å². The molecule has 13 heavy (non-hydrogen) atoms. The van der Waals surface area contributed by atoms with Gasteiger partial charge in [0.2, 0.25) is 0 Å². The van der Waals surface area contributed by atoms with Gasteiger partial charge >= 0.3 is 0 Å². The number of nitrogens with zero attached hydrogens (tertiary/aromatic N) is 2. The number of hydrogen-bond donors (Lipinski definition) is 0. The first-order chi connectivity index (χ1) is 6.34. The van der Waals surface area contributed by atoms with Crippen molar-refractivity contribution in [1.29, 1.82) is 0 Å². The van der Waals surface area contributed by atoms with Gasteiger partial charge in [-0.3, -0.25) is 4.40 Å². The third-order valence-electron chi connectivity index (χ3n) is 2.54. The second-order valence-corrected chi connectivity index (χ2v) is 4.65. The minimum Gasteiger partial charge on any atom is -0.295 e. The molecule has 0 N–H and O–H groups in total. The summed E-state index contributed by atoms with van der Waals surface area (Å²) in [6, 6.07) is 4.42.